The topological polar surface area (TPSA) is 81.7 Å². The fourth-order valence-electron chi connectivity index (χ4n) is 5.78. The van der Waals surface area contributed by atoms with E-state index in [1.807, 2.05) is 0 Å². The summed E-state index contributed by atoms with van der Waals surface area (Å²) >= 11 is 0. The van der Waals surface area contributed by atoms with Crippen LogP contribution in [0.5, 0.6) is 0 Å². The van der Waals surface area contributed by atoms with Gasteiger partial charge >= 0.3 is 11.9 Å². The van der Waals surface area contributed by atoms with Gasteiger partial charge in [0.15, 0.2) is 0 Å². The molecule has 0 aliphatic heterocycles. The second-order valence-corrected chi connectivity index (χ2v) is 11.5. The van der Waals surface area contributed by atoms with Gasteiger partial charge in [-0.1, -0.05) is 41.5 Å². The van der Waals surface area contributed by atoms with Crippen LogP contribution < -0.4 is 5.32 Å². The highest BCUT2D eigenvalue weighted by molar-refractivity contribution is 5.87. The molecule has 6 nitrogen and oxygen atoms in total. The van der Waals surface area contributed by atoms with Crippen LogP contribution >= 0.6 is 0 Å². The zero-order valence-electron chi connectivity index (χ0n) is 19.9. The van der Waals surface area contributed by atoms with E-state index in [0.29, 0.717) is 11.8 Å². The normalized spacial score (nSPS) is 31.3. The fraction of sp³-hybridized carbons (Fsp3) is 0.875. The van der Waals surface area contributed by atoms with Gasteiger partial charge in [-0.3, -0.25) is 9.59 Å². The van der Waals surface area contributed by atoms with Crippen LogP contribution in [0.2, 0.25) is 0 Å². The number of hydrogen-bond acceptors (Lipinski definition) is 5. The van der Waals surface area contributed by atoms with Gasteiger partial charge in [0.25, 0.3) is 0 Å². The van der Waals surface area contributed by atoms with Crippen LogP contribution in [0, 0.1) is 22.7 Å². The van der Waals surface area contributed by atoms with Gasteiger partial charge in [0.05, 0.1) is 6.42 Å². The number of carbonyl (C=O) groups excluding carboxylic acids is 3. The summed E-state index contributed by atoms with van der Waals surface area (Å²) in [6, 6.07) is -1.01. The Morgan fingerprint density at radius 3 is 1.77 bits per heavy atom. The number of ether oxygens (including phenoxy) is 2. The van der Waals surface area contributed by atoms with Crippen molar-refractivity contribution in [2.24, 2.45) is 22.7 Å². The maximum absolute atomic E-state index is 12.8. The van der Waals surface area contributed by atoms with Crippen LogP contribution in [0.1, 0.15) is 93.4 Å². The Kier molecular flexibility index (Phi) is 7.97. The van der Waals surface area contributed by atoms with Crippen LogP contribution in [-0.4, -0.2) is 36.1 Å². The van der Waals surface area contributed by atoms with Crippen LogP contribution in [-0.2, 0) is 23.9 Å². The Hall–Kier alpha value is -1.59. The van der Waals surface area contributed by atoms with Crippen molar-refractivity contribution in [3.8, 4) is 0 Å². The minimum Gasteiger partial charge on any atom is -0.462 e. The monoisotopic (exact) mass is 423 g/mol. The maximum Gasteiger partial charge on any atom is 0.329 e. The summed E-state index contributed by atoms with van der Waals surface area (Å²) in [5.41, 5.74) is 0.235. The number of rotatable bonds is 6. The van der Waals surface area contributed by atoms with Crippen molar-refractivity contribution in [2.45, 2.75) is 112 Å². The highest BCUT2D eigenvalue weighted by Gasteiger charge is 2.37. The van der Waals surface area contributed by atoms with E-state index in [0.717, 1.165) is 38.5 Å². The molecule has 6 heteroatoms. The van der Waals surface area contributed by atoms with Crippen molar-refractivity contribution in [2.75, 3.05) is 0 Å². The first kappa shape index (κ1) is 24.7. The molecule has 1 amide bonds. The van der Waals surface area contributed by atoms with Crippen LogP contribution in [0.4, 0.5) is 0 Å². The third kappa shape index (κ3) is 7.92. The Balaban J connectivity index is 1.96. The molecule has 1 N–H and O–H groups in total. The molecule has 2 fully saturated rings. The molecule has 2 aliphatic carbocycles. The first-order valence-electron chi connectivity index (χ1n) is 11.4. The van der Waals surface area contributed by atoms with E-state index in [1.54, 1.807) is 0 Å². The number of hydrogen-bond donors (Lipinski definition) is 1. The molecule has 30 heavy (non-hydrogen) atoms. The van der Waals surface area contributed by atoms with Crippen LogP contribution in [0.15, 0.2) is 0 Å². The standard InChI is InChI=1S/C24H41NO5/c1-15-8-18(13-23(4,5)11-15)29-21(27)10-20(25-17(3)26)22(28)30-19-9-16(2)12-24(6,7)14-19/h15-16,18-20H,8-14H2,1-7H3,(H,25,26)/t15?,16?,18?,19?,20-/m0/s1. The highest BCUT2D eigenvalue weighted by atomic mass is 16.6. The molecule has 2 saturated carbocycles. The molecule has 0 bridgehead atoms. The lowest BCUT2D eigenvalue weighted by Gasteiger charge is -2.39. The smallest absolute Gasteiger partial charge is 0.329 e. The van der Waals surface area contributed by atoms with Crippen molar-refractivity contribution in [3.63, 3.8) is 0 Å². The molecular weight excluding hydrogens is 382 g/mol. The van der Waals surface area contributed by atoms with Crippen molar-refractivity contribution in [1.29, 1.82) is 0 Å². The minimum absolute atomic E-state index is 0.107. The number of amides is 1. The average molecular weight is 424 g/mol. The molecular formula is C24H41NO5. The van der Waals surface area contributed by atoms with Crippen molar-refractivity contribution >= 4 is 17.8 Å². The predicted octanol–water partition coefficient (Wildman–Crippen LogP) is 4.40. The van der Waals surface area contributed by atoms with Gasteiger partial charge < -0.3 is 14.8 Å². The number of carbonyl (C=O) groups is 3. The van der Waals surface area contributed by atoms with E-state index in [-0.39, 0.29) is 35.4 Å². The molecule has 2 rings (SSSR count). The summed E-state index contributed by atoms with van der Waals surface area (Å²) in [6.45, 7) is 14.4. The van der Waals surface area contributed by atoms with E-state index >= 15 is 0 Å². The molecule has 172 valence electrons. The SMILES string of the molecule is CC(=O)N[C@@H](CC(=O)OC1CC(C)CC(C)(C)C1)C(=O)OC1CC(C)CC(C)(C)C1. The van der Waals surface area contributed by atoms with E-state index in [9.17, 15) is 14.4 Å². The van der Waals surface area contributed by atoms with Crippen molar-refractivity contribution in [1.82, 2.24) is 5.32 Å². The van der Waals surface area contributed by atoms with Gasteiger partial charge in [0.2, 0.25) is 5.91 Å². The number of nitrogens with one attached hydrogen (secondary N) is 1. The molecule has 0 aromatic rings. The molecule has 0 radical (unpaired) electrons. The Morgan fingerprint density at radius 1 is 0.867 bits per heavy atom. The Bertz CT molecular complexity index is 642. The van der Waals surface area contributed by atoms with Gasteiger partial charge in [-0.15, -0.1) is 0 Å². The zero-order valence-corrected chi connectivity index (χ0v) is 19.9. The molecule has 2 aliphatic rings. The second-order valence-electron chi connectivity index (χ2n) is 11.5. The summed E-state index contributed by atoms with van der Waals surface area (Å²) in [5, 5.41) is 2.58. The molecule has 0 aromatic carbocycles. The molecule has 5 atom stereocenters. The first-order valence-corrected chi connectivity index (χ1v) is 11.4. The van der Waals surface area contributed by atoms with Gasteiger partial charge in [-0.25, -0.2) is 4.79 Å². The quantitative estimate of drug-likeness (QED) is 0.641. The van der Waals surface area contributed by atoms with Crippen molar-refractivity contribution < 1.29 is 23.9 Å². The molecule has 0 spiro atoms. The summed E-state index contributed by atoms with van der Waals surface area (Å²) < 4.78 is 11.4. The third-order valence-electron chi connectivity index (χ3n) is 6.31. The van der Waals surface area contributed by atoms with Gasteiger partial charge in [0.1, 0.15) is 18.2 Å². The zero-order chi connectivity index (χ0) is 22.7. The average Bonchev–Trinajstić information content (AvgIpc) is 2.49. The van der Waals surface area contributed by atoms with E-state index in [1.165, 1.54) is 6.92 Å². The maximum atomic E-state index is 12.8. The second kappa shape index (κ2) is 9.69. The molecule has 0 aromatic heterocycles. The summed E-state index contributed by atoms with van der Waals surface area (Å²) in [6.07, 6.45) is 4.91. The fourth-order valence-corrected chi connectivity index (χ4v) is 5.78. The largest absolute Gasteiger partial charge is 0.462 e. The van der Waals surface area contributed by atoms with Crippen LogP contribution in [0.25, 0.3) is 0 Å². The van der Waals surface area contributed by atoms with Crippen LogP contribution in [0.3, 0.4) is 0 Å². The summed E-state index contributed by atoms with van der Waals surface area (Å²) in [4.78, 5) is 37.0. The lowest BCUT2D eigenvalue weighted by molar-refractivity contribution is -0.163. The predicted molar refractivity (Wildman–Crippen MR) is 116 cm³/mol. The van der Waals surface area contributed by atoms with Gasteiger partial charge in [0, 0.05) is 6.92 Å². The molecule has 4 unspecified atom stereocenters. The Labute approximate surface area is 181 Å². The van der Waals surface area contributed by atoms with E-state index < -0.39 is 18.0 Å². The Morgan fingerprint density at radius 2 is 1.33 bits per heavy atom. The van der Waals surface area contributed by atoms with Gasteiger partial charge in [-0.2, -0.15) is 0 Å². The molecule has 0 saturated heterocycles. The van der Waals surface area contributed by atoms with E-state index in [4.69, 9.17) is 9.47 Å². The van der Waals surface area contributed by atoms with Gasteiger partial charge in [-0.05, 0) is 61.2 Å². The summed E-state index contributed by atoms with van der Waals surface area (Å²) in [5.74, 6) is -0.423. The van der Waals surface area contributed by atoms with Crippen molar-refractivity contribution in [3.05, 3.63) is 0 Å². The number of esters is 2. The first-order chi connectivity index (χ1) is 13.7. The third-order valence-corrected chi connectivity index (χ3v) is 6.31. The lowest BCUT2D eigenvalue weighted by Crippen LogP contribution is -2.45. The minimum atomic E-state index is -1.01. The molecule has 0 heterocycles. The lowest BCUT2D eigenvalue weighted by atomic mass is 9.71. The summed E-state index contributed by atoms with van der Waals surface area (Å²) in [7, 11) is 0. The van der Waals surface area contributed by atoms with E-state index in [2.05, 4.69) is 46.9 Å². The highest BCUT2D eigenvalue weighted by Crippen LogP contribution is 2.41.